The molecule has 0 atom stereocenters. The zero-order valence-corrected chi connectivity index (χ0v) is 12.4. The van der Waals surface area contributed by atoms with Crippen molar-refractivity contribution < 1.29 is 4.74 Å². The van der Waals surface area contributed by atoms with Crippen LogP contribution in [0.4, 0.5) is 5.82 Å². The Kier molecular flexibility index (Phi) is 5.23. The molecule has 1 heterocycles. The number of ether oxygens (including phenoxy) is 1. The van der Waals surface area contributed by atoms with Crippen LogP contribution < -0.4 is 10.1 Å². The second-order valence-corrected chi connectivity index (χ2v) is 5.50. The van der Waals surface area contributed by atoms with Gasteiger partial charge in [-0.2, -0.15) is 0 Å². The molecular formula is C13H20BrN3O. The van der Waals surface area contributed by atoms with Crippen molar-refractivity contribution in [2.75, 3.05) is 18.5 Å². The molecule has 1 aromatic rings. The first kappa shape index (κ1) is 13.6. The van der Waals surface area contributed by atoms with E-state index < -0.39 is 0 Å². The van der Waals surface area contributed by atoms with Gasteiger partial charge in [0.1, 0.15) is 16.6 Å². The molecule has 1 aliphatic carbocycles. The van der Waals surface area contributed by atoms with Crippen LogP contribution in [0.25, 0.3) is 0 Å². The number of anilines is 1. The number of nitrogens with one attached hydrogen (secondary N) is 1. The van der Waals surface area contributed by atoms with Gasteiger partial charge < -0.3 is 10.1 Å². The van der Waals surface area contributed by atoms with Crippen molar-refractivity contribution >= 4 is 21.7 Å². The molecule has 1 N–H and O–H groups in total. The van der Waals surface area contributed by atoms with Crippen molar-refractivity contribution in [1.82, 2.24) is 9.97 Å². The number of halogens is 1. The highest BCUT2D eigenvalue weighted by Crippen LogP contribution is 2.31. The van der Waals surface area contributed by atoms with Crippen molar-refractivity contribution in [3.05, 3.63) is 10.8 Å². The van der Waals surface area contributed by atoms with E-state index in [4.69, 9.17) is 4.74 Å². The second kappa shape index (κ2) is 6.92. The molecule has 4 nitrogen and oxygen atoms in total. The Morgan fingerprint density at radius 1 is 1.44 bits per heavy atom. The Morgan fingerprint density at radius 2 is 2.28 bits per heavy atom. The molecule has 2 rings (SSSR count). The number of rotatable bonds is 7. The van der Waals surface area contributed by atoms with Gasteiger partial charge in [0, 0.05) is 6.54 Å². The van der Waals surface area contributed by atoms with E-state index in [2.05, 4.69) is 38.1 Å². The average Bonchev–Trinajstić information content (AvgIpc) is 2.32. The zero-order valence-electron chi connectivity index (χ0n) is 10.8. The molecule has 1 fully saturated rings. The van der Waals surface area contributed by atoms with E-state index in [0.29, 0.717) is 5.88 Å². The highest BCUT2D eigenvalue weighted by atomic mass is 79.9. The van der Waals surface area contributed by atoms with Gasteiger partial charge >= 0.3 is 0 Å². The topological polar surface area (TPSA) is 47.0 Å². The summed E-state index contributed by atoms with van der Waals surface area (Å²) in [7, 11) is 0. The summed E-state index contributed by atoms with van der Waals surface area (Å²) in [4.78, 5) is 8.37. The molecule has 1 saturated carbocycles. The monoisotopic (exact) mass is 313 g/mol. The van der Waals surface area contributed by atoms with Crippen molar-refractivity contribution in [1.29, 1.82) is 0 Å². The van der Waals surface area contributed by atoms with Gasteiger partial charge in [-0.15, -0.1) is 0 Å². The molecule has 0 spiro atoms. The Labute approximate surface area is 117 Å². The van der Waals surface area contributed by atoms with Crippen LogP contribution in [0.5, 0.6) is 5.88 Å². The summed E-state index contributed by atoms with van der Waals surface area (Å²) in [5.41, 5.74) is 0. The summed E-state index contributed by atoms with van der Waals surface area (Å²) in [6, 6.07) is 0. The molecule has 0 unspecified atom stereocenters. The third kappa shape index (κ3) is 3.57. The van der Waals surface area contributed by atoms with E-state index in [9.17, 15) is 0 Å². The summed E-state index contributed by atoms with van der Waals surface area (Å²) in [6.07, 6.45) is 7.84. The highest BCUT2D eigenvalue weighted by Gasteiger charge is 2.17. The molecule has 0 bridgehead atoms. The molecule has 1 aromatic heterocycles. The third-order valence-electron chi connectivity index (χ3n) is 3.29. The summed E-state index contributed by atoms with van der Waals surface area (Å²) < 4.78 is 6.55. The number of hydrogen-bond donors (Lipinski definition) is 1. The minimum Gasteiger partial charge on any atom is -0.477 e. The molecule has 0 aliphatic heterocycles. The van der Waals surface area contributed by atoms with Gasteiger partial charge in [-0.3, -0.25) is 0 Å². The summed E-state index contributed by atoms with van der Waals surface area (Å²) >= 11 is 3.50. The fourth-order valence-electron chi connectivity index (χ4n) is 1.92. The standard InChI is InChI=1S/C13H20BrN3O/c1-2-7-15-12-11(14)13(17-9-16-12)18-8-6-10-4-3-5-10/h9-10H,2-8H2,1H3,(H,15,16,17). The van der Waals surface area contributed by atoms with E-state index in [1.807, 2.05) is 0 Å². The molecule has 5 heteroatoms. The van der Waals surface area contributed by atoms with E-state index in [1.54, 1.807) is 6.33 Å². The van der Waals surface area contributed by atoms with Crippen LogP contribution in [-0.4, -0.2) is 23.1 Å². The first-order valence-electron chi connectivity index (χ1n) is 6.68. The van der Waals surface area contributed by atoms with Crippen molar-refractivity contribution in [2.24, 2.45) is 5.92 Å². The van der Waals surface area contributed by atoms with Gasteiger partial charge in [0.15, 0.2) is 0 Å². The SMILES string of the molecule is CCCNc1ncnc(OCCC2CCC2)c1Br. The second-order valence-electron chi connectivity index (χ2n) is 4.70. The first-order chi connectivity index (χ1) is 8.81. The fraction of sp³-hybridized carbons (Fsp3) is 0.692. The normalized spacial score (nSPS) is 15.2. The quantitative estimate of drug-likeness (QED) is 0.835. The highest BCUT2D eigenvalue weighted by molar-refractivity contribution is 9.10. The maximum Gasteiger partial charge on any atom is 0.233 e. The Morgan fingerprint density at radius 3 is 2.94 bits per heavy atom. The summed E-state index contributed by atoms with van der Waals surface area (Å²) in [5.74, 6) is 2.32. The minimum absolute atomic E-state index is 0.642. The number of hydrogen-bond acceptors (Lipinski definition) is 4. The average molecular weight is 314 g/mol. The minimum atomic E-state index is 0.642. The van der Waals surface area contributed by atoms with Crippen molar-refractivity contribution in [3.63, 3.8) is 0 Å². The third-order valence-corrected chi connectivity index (χ3v) is 4.00. The Hall–Kier alpha value is -0.840. The van der Waals surface area contributed by atoms with Crippen LogP contribution in [0, 0.1) is 5.92 Å². The van der Waals surface area contributed by atoms with Crippen LogP contribution in [-0.2, 0) is 0 Å². The van der Waals surface area contributed by atoms with Crippen molar-refractivity contribution in [2.45, 2.75) is 39.0 Å². The van der Waals surface area contributed by atoms with Gasteiger partial charge in [0.25, 0.3) is 0 Å². The number of nitrogens with zero attached hydrogens (tertiary/aromatic N) is 2. The Balaban J connectivity index is 1.86. The van der Waals surface area contributed by atoms with E-state index in [-0.39, 0.29) is 0 Å². The van der Waals surface area contributed by atoms with Crippen LogP contribution >= 0.6 is 15.9 Å². The van der Waals surface area contributed by atoms with E-state index in [0.717, 1.165) is 42.2 Å². The van der Waals surface area contributed by atoms with E-state index >= 15 is 0 Å². The zero-order chi connectivity index (χ0) is 12.8. The molecule has 0 radical (unpaired) electrons. The van der Waals surface area contributed by atoms with E-state index in [1.165, 1.54) is 19.3 Å². The predicted molar refractivity (Wildman–Crippen MR) is 76.0 cm³/mol. The van der Waals surface area contributed by atoms with Crippen LogP contribution in [0.1, 0.15) is 39.0 Å². The molecule has 0 amide bonds. The van der Waals surface area contributed by atoms with Crippen LogP contribution in [0.15, 0.2) is 10.8 Å². The summed E-state index contributed by atoms with van der Waals surface area (Å²) in [5, 5.41) is 3.25. The van der Waals surface area contributed by atoms with Crippen molar-refractivity contribution in [3.8, 4) is 5.88 Å². The smallest absolute Gasteiger partial charge is 0.233 e. The van der Waals surface area contributed by atoms with Gasteiger partial charge in [-0.1, -0.05) is 26.2 Å². The number of aromatic nitrogens is 2. The maximum absolute atomic E-state index is 5.73. The lowest BCUT2D eigenvalue weighted by Crippen LogP contribution is -2.15. The molecule has 0 saturated heterocycles. The molecular weight excluding hydrogens is 294 g/mol. The van der Waals surface area contributed by atoms with Gasteiger partial charge in [-0.05, 0) is 34.7 Å². The lowest BCUT2D eigenvalue weighted by Gasteiger charge is -2.24. The van der Waals surface area contributed by atoms with Gasteiger partial charge in [0.2, 0.25) is 5.88 Å². The predicted octanol–water partition coefficient (Wildman–Crippen LogP) is 3.63. The fourth-order valence-corrected chi connectivity index (χ4v) is 2.38. The molecule has 1 aliphatic rings. The maximum atomic E-state index is 5.73. The van der Waals surface area contributed by atoms with Gasteiger partial charge in [0.05, 0.1) is 6.61 Å². The van der Waals surface area contributed by atoms with Gasteiger partial charge in [-0.25, -0.2) is 9.97 Å². The first-order valence-corrected chi connectivity index (χ1v) is 7.47. The lowest BCUT2D eigenvalue weighted by atomic mass is 9.83. The molecule has 18 heavy (non-hydrogen) atoms. The van der Waals surface area contributed by atoms with Crippen LogP contribution in [0.3, 0.4) is 0 Å². The Bertz CT molecular complexity index is 382. The van der Waals surface area contributed by atoms with Crippen LogP contribution in [0.2, 0.25) is 0 Å². The largest absolute Gasteiger partial charge is 0.477 e. The molecule has 100 valence electrons. The summed E-state index contributed by atoms with van der Waals surface area (Å²) in [6.45, 7) is 3.77. The molecule has 0 aromatic carbocycles. The lowest BCUT2D eigenvalue weighted by molar-refractivity contribution is 0.216.